The number of nitrogens with one attached hydrogen (secondary N) is 1. The van der Waals surface area contributed by atoms with Gasteiger partial charge in [0.2, 0.25) is 5.91 Å². The third-order valence-corrected chi connectivity index (χ3v) is 3.36. The topological polar surface area (TPSA) is 55.1 Å². The molecule has 0 radical (unpaired) electrons. The van der Waals surface area contributed by atoms with Gasteiger partial charge in [0.1, 0.15) is 0 Å². The van der Waals surface area contributed by atoms with E-state index in [1.54, 1.807) is 0 Å². The first-order valence-electron chi connectivity index (χ1n) is 7.31. The van der Waals surface area contributed by atoms with Gasteiger partial charge >= 0.3 is 0 Å². The molecule has 2 unspecified atom stereocenters. The van der Waals surface area contributed by atoms with Crippen molar-refractivity contribution < 1.29 is 4.79 Å². The van der Waals surface area contributed by atoms with E-state index in [9.17, 15) is 4.79 Å². The fourth-order valence-electron chi connectivity index (χ4n) is 2.12. The Morgan fingerprint density at radius 3 is 2.20 bits per heavy atom. The molecule has 3 heteroatoms. The lowest BCUT2D eigenvalue weighted by atomic mass is 9.85. The van der Waals surface area contributed by atoms with Crippen molar-refractivity contribution in [2.24, 2.45) is 17.1 Å². The Balaban J connectivity index is 2.87. The minimum absolute atomic E-state index is 0.00787. The van der Waals surface area contributed by atoms with Crippen LogP contribution in [0.3, 0.4) is 0 Å². The quantitative estimate of drug-likeness (QED) is 0.867. The van der Waals surface area contributed by atoms with Gasteiger partial charge in [0.15, 0.2) is 0 Å². The third-order valence-electron chi connectivity index (χ3n) is 3.36. The second-order valence-corrected chi connectivity index (χ2v) is 7.01. The summed E-state index contributed by atoms with van der Waals surface area (Å²) in [5.74, 6) is 0.0687. The first-order chi connectivity index (χ1) is 9.20. The van der Waals surface area contributed by atoms with E-state index in [0.29, 0.717) is 0 Å². The van der Waals surface area contributed by atoms with Gasteiger partial charge in [0, 0.05) is 0 Å². The lowest BCUT2D eigenvalue weighted by Crippen LogP contribution is -2.45. The largest absolute Gasteiger partial charge is 0.348 e. The van der Waals surface area contributed by atoms with Gasteiger partial charge in [-0.2, -0.15) is 0 Å². The van der Waals surface area contributed by atoms with E-state index in [-0.39, 0.29) is 23.3 Å². The summed E-state index contributed by atoms with van der Waals surface area (Å²) >= 11 is 0. The molecule has 0 fully saturated rings. The zero-order valence-electron chi connectivity index (χ0n) is 13.3. The Bertz CT molecular complexity index is 420. The highest BCUT2D eigenvalue weighted by Gasteiger charge is 2.25. The Hall–Kier alpha value is -1.35. The highest BCUT2D eigenvalue weighted by molar-refractivity contribution is 5.82. The molecule has 1 amide bonds. The summed E-state index contributed by atoms with van der Waals surface area (Å²) in [6.45, 7) is 10.5. The molecule has 0 saturated carbocycles. The summed E-state index contributed by atoms with van der Waals surface area (Å²) in [5.41, 5.74) is 7.20. The molecule has 3 nitrogen and oxygen atoms in total. The normalized spacial score (nSPS) is 14.9. The number of carbonyl (C=O) groups is 1. The van der Waals surface area contributed by atoms with Gasteiger partial charge in [-0.3, -0.25) is 4.79 Å². The van der Waals surface area contributed by atoms with Crippen LogP contribution in [0.4, 0.5) is 0 Å². The van der Waals surface area contributed by atoms with Crippen molar-refractivity contribution in [1.29, 1.82) is 0 Å². The van der Waals surface area contributed by atoms with Crippen molar-refractivity contribution in [1.82, 2.24) is 5.32 Å². The molecule has 1 aromatic rings. The van der Waals surface area contributed by atoms with Crippen molar-refractivity contribution in [2.75, 3.05) is 0 Å². The zero-order chi connectivity index (χ0) is 15.3. The van der Waals surface area contributed by atoms with Crippen LogP contribution in [0.5, 0.6) is 0 Å². The van der Waals surface area contributed by atoms with Gasteiger partial charge < -0.3 is 11.1 Å². The highest BCUT2D eigenvalue weighted by Crippen LogP contribution is 2.29. The fourth-order valence-corrected chi connectivity index (χ4v) is 2.12. The monoisotopic (exact) mass is 276 g/mol. The summed E-state index contributed by atoms with van der Waals surface area (Å²) in [6.07, 6.45) is 0.883. The van der Waals surface area contributed by atoms with Gasteiger partial charge in [-0.15, -0.1) is 0 Å². The molecular formula is C17H28N2O. The van der Waals surface area contributed by atoms with Crippen LogP contribution < -0.4 is 11.1 Å². The number of amides is 1. The second kappa shape index (κ2) is 6.89. The molecule has 112 valence electrons. The molecule has 0 saturated heterocycles. The number of hydrogen-bond donors (Lipinski definition) is 2. The molecule has 1 aromatic carbocycles. The predicted octanol–water partition coefficient (Wildman–Crippen LogP) is 3.26. The molecule has 3 N–H and O–H groups in total. The van der Waals surface area contributed by atoms with E-state index in [2.05, 4.69) is 38.2 Å². The number of benzene rings is 1. The minimum atomic E-state index is -0.457. The van der Waals surface area contributed by atoms with E-state index < -0.39 is 6.04 Å². The predicted molar refractivity (Wildman–Crippen MR) is 84.2 cm³/mol. The smallest absolute Gasteiger partial charge is 0.237 e. The second-order valence-electron chi connectivity index (χ2n) is 7.01. The van der Waals surface area contributed by atoms with Crippen LogP contribution in [0, 0.1) is 11.3 Å². The third kappa shape index (κ3) is 5.33. The standard InChI is InChI=1S/C17H28N2O/c1-12(2)15(18)16(20)19-14(11-17(3,4)5)13-9-7-6-8-10-13/h6-10,12,14-15H,11,18H2,1-5H3,(H,19,20). The summed E-state index contributed by atoms with van der Waals surface area (Å²) in [5, 5.41) is 3.11. The van der Waals surface area contributed by atoms with E-state index in [1.165, 1.54) is 0 Å². The van der Waals surface area contributed by atoms with Crippen molar-refractivity contribution >= 4 is 5.91 Å². The fraction of sp³-hybridized carbons (Fsp3) is 0.588. The maximum atomic E-state index is 12.2. The summed E-state index contributed by atoms with van der Waals surface area (Å²) in [6, 6.07) is 9.64. The van der Waals surface area contributed by atoms with Crippen LogP contribution in [0.1, 0.15) is 52.6 Å². The molecule has 0 spiro atoms. The minimum Gasteiger partial charge on any atom is -0.348 e. The molecule has 1 rings (SSSR count). The van der Waals surface area contributed by atoms with Gasteiger partial charge in [0.25, 0.3) is 0 Å². The molecule has 0 heterocycles. The molecule has 0 aliphatic rings. The van der Waals surface area contributed by atoms with Crippen molar-refractivity contribution in [3.63, 3.8) is 0 Å². The first-order valence-corrected chi connectivity index (χ1v) is 7.31. The lowest BCUT2D eigenvalue weighted by molar-refractivity contribution is -0.124. The van der Waals surface area contributed by atoms with Crippen LogP contribution in [0.15, 0.2) is 30.3 Å². The average Bonchev–Trinajstić information content (AvgIpc) is 2.36. The van der Waals surface area contributed by atoms with E-state index in [1.807, 2.05) is 32.0 Å². The van der Waals surface area contributed by atoms with Crippen LogP contribution in [-0.2, 0) is 4.79 Å². The van der Waals surface area contributed by atoms with Crippen LogP contribution >= 0.6 is 0 Å². The number of rotatable bonds is 5. The molecular weight excluding hydrogens is 248 g/mol. The summed E-state index contributed by atoms with van der Waals surface area (Å²) in [7, 11) is 0. The Labute approximate surface area is 122 Å². The molecule has 0 bridgehead atoms. The lowest BCUT2D eigenvalue weighted by Gasteiger charge is -2.28. The van der Waals surface area contributed by atoms with Crippen molar-refractivity contribution in [3.05, 3.63) is 35.9 Å². The maximum absolute atomic E-state index is 12.2. The van der Waals surface area contributed by atoms with Gasteiger partial charge in [-0.25, -0.2) is 0 Å². The average molecular weight is 276 g/mol. The summed E-state index contributed by atoms with van der Waals surface area (Å²) < 4.78 is 0. The number of nitrogens with two attached hydrogens (primary N) is 1. The summed E-state index contributed by atoms with van der Waals surface area (Å²) in [4.78, 5) is 12.2. The van der Waals surface area contributed by atoms with Gasteiger partial charge in [-0.1, -0.05) is 65.0 Å². The molecule has 0 aliphatic carbocycles. The number of carbonyl (C=O) groups excluding carboxylic acids is 1. The zero-order valence-corrected chi connectivity index (χ0v) is 13.3. The number of hydrogen-bond acceptors (Lipinski definition) is 2. The Morgan fingerprint density at radius 2 is 1.75 bits per heavy atom. The SMILES string of the molecule is CC(C)C(N)C(=O)NC(CC(C)(C)C)c1ccccc1. The maximum Gasteiger partial charge on any atom is 0.237 e. The molecule has 2 atom stereocenters. The van der Waals surface area contributed by atoms with E-state index in [4.69, 9.17) is 5.73 Å². The van der Waals surface area contributed by atoms with Crippen molar-refractivity contribution in [3.8, 4) is 0 Å². The molecule has 0 aromatic heterocycles. The molecule has 20 heavy (non-hydrogen) atoms. The Morgan fingerprint density at radius 1 is 1.20 bits per heavy atom. The molecule has 0 aliphatic heterocycles. The van der Waals surface area contributed by atoms with Crippen LogP contribution in [0.2, 0.25) is 0 Å². The van der Waals surface area contributed by atoms with Gasteiger partial charge in [0.05, 0.1) is 12.1 Å². The van der Waals surface area contributed by atoms with Crippen LogP contribution in [0.25, 0.3) is 0 Å². The van der Waals surface area contributed by atoms with Crippen LogP contribution in [-0.4, -0.2) is 11.9 Å². The van der Waals surface area contributed by atoms with E-state index >= 15 is 0 Å². The highest BCUT2D eigenvalue weighted by atomic mass is 16.2. The van der Waals surface area contributed by atoms with E-state index in [0.717, 1.165) is 12.0 Å². The first kappa shape index (κ1) is 16.7. The Kier molecular flexibility index (Phi) is 5.75. The van der Waals surface area contributed by atoms with Crippen molar-refractivity contribution in [2.45, 2.75) is 53.1 Å². The van der Waals surface area contributed by atoms with Gasteiger partial charge in [-0.05, 0) is 23.3 Å².